The number of carbonyl (C=O) groups is 1. The van der Waals surface area contributed by atoms with E-state index in [4.69, 9.17) is 28.4 Å². The van der Waals surface area contributed by atoms with Gasteiger partial charge in [-0.05, 0) is 43.9 Å². The maximum atomic E-state index is 12.9. The van der Waals surface area contributed by atoms with E-state index < -0.39 is 12.1 Å². The predicted molar refractivity (Wildman–Crippen MR) is 130 cm³/mol. The van der Waals surface area contributed by atoms with Crippen LogP contribution in [0.15, 0.2) is 23.8 Å². The molecule has 1 aliphatic heterocycles. The third-order valence-electron chi connectivity index (χ3n) is 7.04. The molecule has 0 saturated heterocycles. The number of phenols is 1. The summed E-state index contributed by atoms with van der Waals surface area (Å²) in [6.07, 6.45) is 1.68. The van der Waals surface area contributed by atoms with Crippen LogP contribution in [0.5, 0.6) is 34.5 Å². The first-order valence-corrected chi connectivity index (χ1v) is 11.6. The number of phenolic OH excluding ortho intramolecular Hbond substituents is 1. The summed E-state index contributed by atoms with van der Waals surface area (Å²) in [6, 6.07) is 3.69. The molecule has 188 valence electrons. The van der Waals surface area contributed by atoms with Gasteiger partial charge in [-0.1, -0.05) is 19.9 Å². The van der Waals surface area contributed by atoms with E-state index in [0.29, 0.717) is 51.7 Å². The second-order valence-corrected chi connectivity index (χ2v) is 8.94. The van der Waals surface area contributed by atoms with E-state index in [1.807, 2.05) is 12.1 Å². The first kappa shape index (κ1) is 24.6. The molecule has 2 aromatic rings. The molecule has 4 rings (SSSR count). The fraction of sp³-hybridized carbons (Fsp3) is 0.444. The average molecular weight is 485 g/mol. The van der Waals surface area contributed by atoms with Crippen LogP contribution in [0.2, 0.25) is 0 Å². The quantitative estimate of drug-likeness (QED) is 0.458. The van der Waals surface area contributed by atoms with Crippen molar-refractivity contribution in [3.63, 3.8) is 0 Å². The molecule has 0 unspecified atom stereocenters. The van der Waals surface area contributed by atoms with E-state index in [9.17, 15) is 9.90 Å². The normalized spacial score (nSPS) is 20.8. The summed E-state index contributed by atoms with van der Waals surface area (Å²) < 4.78 is 34.4. The van der Waals surface area contributed by atoms with Crippen molar-refractivity contribution in [1.82, 2.24) is 0 Å². The van der Waals surface area contributed by atoms with E-state index in [1.165, 1.54) is 21.3 Å². The molecule has 35 heavy (non-hydrogen) atoms. The molecule has 2 aliphatic rings. The highest BCUT2D eigenvalue weighted by atomic mass is 16.7. The minimum Gasteiger partial charge on any atom is -0.504 e. The smallest absolute Gasteiger partial charge is 0.333 e. The van der Waals surface area contributed by atoms with Crippen molar-refractivity contribution in [3.05, 3.63) is 34.9 Å². The standard InChI is InChI=1S/C27H32O8/c1-8-13(2)27(29)35-23-15(4)14(3)9-16-10-18(30-5)24(31-6)22(28)20(16)21-17(23)11-19-25(26(21)32-7)34-12-33-19/h8,10-11,14-15,23,28H,9,12H2,1-7H3/b13-8-/t14-,15-,23+/m1/s1. The number of hydrogen-bond acceptors (Lipinski definition) is 8. The molecule has 2 aromatic carbocycles. The molecule has 1 heterocycles. The van der Waals surface area contributed by atoms with E-state index >= 15 is 0 Å². The van der Waals surface area contributed by atoms with Crippen LogP contribution in [0.4, 0.5) is 0 Å². The number of methoxy groups -OCH3 is 3. The van der Waals surface area contributed by atoms with Gasteiger partial charge in [0.1, 0.15) is 6.10 Å². The minimum atomic E-state index is -0.633. The van der Waals surface area contributed by atoms with E-state index in [1.54, 1.807) is 19.9 Å². The maximum Gasteiger partial charge on any atom is 0.333 e. The fourth-order valence-electron chi connectivity index (χ4n) is 4.79. The van der Waals surface area contributed by atoms with Crippen molar-refractivity contribution in [2.45, 2.75) is 40.2 Å². The molecule has 0 bridgehead atoms. The summed E-state index contributed by atoms with van der Waals surface area (Å²) in [5, 5.41) is 11.5. The third-order valence-corrected chi connectivity index (χ3v) is 7.04. The number of allylic oxidation sites excluding steroid dienone is 1. The number of ether oxygens (including phenoxy) is 6. The molecule has 0 aromatic heterocycles. The highest BCUT2D eigenvalue weighted by Crippen LogP contribution is 2.58. The number of aromatic hydroxyl groups is 1. The highest BCUT2D eigenvalue weighted by molar-refractivity contribution is 5.90. The van der Waals surface area contributed by atoms with E-state index in [2.05, 4.69) is 13.8 Å². The van der Waals surface area contributed by atoms with Crippen LogP contribution in [0.25, 0.3) is 11.1 Å². The molecule has 8 heteroatoms. The molecule has 8 nitrogen and oxygen atoms in total. The highest BCUT2D eigenvalue weighted by Gasteiger charge is 2.39. The van der Waals surface area contributed by atoms with E-state index in [-0.39, 0.29) is 30.1 Å². The van der Waals surface area contributed by atoms with E-state index in [0.717, 1.165) is 5.56 Å². The van der Waals surface area contributed by atoms with Crippen LogP contribution in [0, 0.1) is 11.8 Å². The van der Waals surface area contributed by atoms with Crippen LogP contribution < -0.4 is 23.7 Å². The monoisotopic (exact) mass is 484 g/mol. The molecular formula is C27H32O8. The second-order valence-electron chi connectivity index (χ2n) is 8.94. The summed E-state index contributed by atoms with van der Waals surface area (Å²) in [4.78, 5) is 12.9. The lowest BCUT2D eigenvalue weighted by Crippen LogP contribution is -2.26. The van der Waals surface area contributed by atoms with Crippen molar-refractivity contribution in [3.8, 4) is 45.6 Å². The lowest BCUT2D eigenvalue weighted by atomic mass is 9.76. The van der Waals surface area contributed by atoms with Gasteiger partial charge in [0, 0.05) is 28.2 Å². The number of fused-ring (bicyclic) bond motifs is 4. The fourth-order valence-corrected chi connectivity index (χ4v) is 4.79. The Kier molecular flexibility index (Phi) is 6.74. The third kappa shape index (κ3) is 4.00. The number of esters is 1. The zero-order valence-corrected chi connectivity index (χ0v) is 21.2. The van der Waals surface area contributed by atoms with Crippen LogP contribution in [0.1, 0.15) is 44.9 Å². The first-order chi connectivity index (χ1) is 16.8. The van der Waals surface area contributed by atoms with Gasteiger partial charge < -0.3 is 33.5 Å². The van der Waals surface area contributed by atoms with Crippen molar-refractivity contribution in [1.29, 1.82) is 0 Å². The first-order valence-electron chi connectivity index (χ1n) is 11.6. The number of benzene rings is 2. The van der Waals surface area contributed by atoms with Crippen molar-refractivity contribution >= 4 is 5.97 Å². The summed E-state index contributed by atoms with van der Waals surface area (Å²) in [7, 11) is 4.54. The Labute approximate surface area is 205 Å². The number of rotatable bonds is 5. The Morgan fingerprint density at radius 1 is 1.06 bits per heavy atom. The van der Waals surface area contributed by atoms with Crippen molar-refractivity contribution in [2.24, 2.45) is 11.8 Å². The molecule has 0 spiro atoms. The summed E-state index contributed by atoms with van der Waals surface area (Å²) in [6.45, 7) is 7.71. The molecule has 1 aliphatic carbocycles. The molecular weight excluding hydrogens is 452 g/mol. The van der Waals surface area contributed by atoms with Crippen LogP contribution >= 0.6 is 0 Å². The molecule has 0 saturated carbocycles. The van der Waals surface area contributed by atoms with Crippen molar-refractivity contribution in [2.75, 3.05) is 28.1 Å². The molecule has 3 atom stereocenters. The average Bonchev–Trinajstić information content (AvgIpc) is 3.33. The second kappa shape index (κ2) is 9.60. The maximum absolute atomic E-state index is 12.9. The minimum absolute atomic E-state index is 0.0352. The topological polar surface area (TPSA) is 92.7 Å². The van der Waals surface area contributed by atoms with Gasteiger partial charge in [0.25, 0.3) is 0 Å². The number of carbonyl (C=O) groups excluding carboxylic acids is 1. The Morgan fingerprint density at radius 3 is 2.40 bits per heavy atom. The zero-order valence-electron chi connectivity index (χ0n) is 21.2. The predicted octanol–water partition coefficient (Wildman–Crippen LogP) is 5.19. The summed E-state index contributed by atoms with van der Waals surface area (Å²) in [5.74, 6) is 1.47. The van der Waals surface area contributed by atoms with Gasteiger partial charge in [0.2, 0.25) is 18.3 Å². The Morgan fingerprint density at radius 2 is 1.77 bits per heavy atom. The lowest BCUT2D eigenvalue weighted by molar-refractivity contribution is -0.148. The van der Waals surface area contributed by atoms with Crippen LogP contribution in [-0.4, -0.2) is 39.2 Å². The molecule has 0 fully saturated rings. The number of hydrogen-bond donors (Lipinski definition) is 1. The van der Waals surface area contributed by atoms with Crippen LogP contribution in [0.3, 0.4) is 0 Å². The summed E-state index contributed by atoms with van der Waals surface area (Å²) >= 11 is 0. The largest absolute Gasteiger partial charge is 0.504 e. The van der Waals surface area contributed by atoms with Gasteiger partial charge in [0.15, 0.2) is 23.0 Å². The summed E-state index contributed by atoms with van der Waals surface area (Å²) in [5.41, 5.74) is 3.12. The molecule has 1 N–H and O–H groups in total. The van der Waals surface area contributed by atoms with Gasteiger partial charge in [-0.15, -0.1) is 0 Å². The SMILES string of the molecule is C/C=C(/C)C(=O)O[C@@H]1c2cc3c(c(OC)c2-c2c(cc(OC)c(OC)c2O)C[C@@H](C)[C@H]1C)OCO3. The zero-order chi connectivity index (χ0) is 25.4. The lowest BCUT2D eigenvalue weighted by Gasteiger charge is -2.35. The van der Waals surface area contributed by atoms with Gasteiger partial charge in [-0.2, -0.15) is 0 Å². The molecule has 0 radical (unpaired) electrons. The van der Waals surface area contributed by atoms with Gasteiger partial charge in [-0.3, -0.25) is 0 Å². The molecule has 0 amide bonds. The van der Waals surface area contributed by atoms with Crippen LogP contribution in [-0.2, 0) is 16.0 Å². The van der Waals surface area contributed by atoms with Gasteiger partial charge >= 0.3 is 5.97 Å². The Hall–Kier alpha value is -3.55. The van der Waals surface area contributed by atoms with Gasteiger partial charge in [-0.25, -0.2) is 4.79 Å². The van der Waals surface area contributed by atoms with Gasteiger partial charge in [0.05, 0.1) is 21.3 Å². The Balaban J connectivity index is 2.09. The van der Waals surface area contributed by atoms with Crippen molar-refractivity contribution < 1.29 is 38.3 Å². The Bertz CT molecular complexity index is 1180.